The highest BCUT2D eigenvalue weighted by atomic mass is 19.4. The first-order chi connectivity index (χ1) is 7.92. The first kappa shape index (κ1) is 13.5. The summed E-state index contributed by atoms with van der Waals surface area (Å²) in [6.07, 6.45) is -2.07. The zero-order valence-electron chi connectivity index (χ0n) is 9.64. The smallest absolute Gasteiger partial charge is 0.422 e. The van der Waals surface area contributed by atoms with E-state index in [-0.39, 0.29) is 11.8 Å². The van der Waals surface area contributed by atoms with Crippen LogP contribution >= 0.6 is 0 Å². The molecule has 1 aromatic heterocycles. The molecule has 0 aliphatic carbocycles. The van der Waals surface area contributed by atoms with Crippen LogP contribution < -0.4 is 10.1 Å². The van der Waals surface area contributed by atoms with Crippen LogP contribution in [-0.4, -0.2) is 29.3 Å². The number of halogens is 3. The van der Waals surface area contributed by atoms with Crippen molar-refractivity contribution in [2.24, 2.45) is 0 Å². The topological polar surface area (TPSA) is 47.0 Å². The third-order valence-corrected chi connectivity index (χ3v) is 1.83. The van der Waals surface area contributed by atoms with Gasteiger partial charge in [-0.3, -0.25) is 0 Å². The van der Waals surface area contributed by atoms with Gasteiger partial charge in [0.1, 0.15) is 0 Å². The van der Waals surface area contributed by atoms with Gasteiger partial charge in [-0.25, -0.2) is 4.98 Å². The number of anilines is 1. The minimum atomic E-state index is -4.37. The SMILES string of the molecule is CCCNc1ncc(C)c(OCC(F)(F)F)n1. The van der Waals surface area contributed by atoms with Gasteiger partial charge >= 0.3 is 6.18 Å². The van der Waals surface area contributed by atoms with E-state index < -0.39 is 12.8 Å². The van der Waals surface area contributed by atoms with Gasteiger partial charge in [0.25, 0.3) is 0 Å². The molecule has 0 aliphatic rings. The fraction of sp³-hybridized carbons (Fsp3) is 0.600. The molecule has 0 fully saturated rings. The number of nitrogens with one attached hydrogen (secondary N) is 1. The largest absolute Gasteiger partial charge is 0.468 e. The molecule has 4 nitrogen and oxygen atoms in total. The van der Waals surface area contributed by atoms with Crippen LogP contribution in [0, 0.1) is 6.92 Å². The number of alkyl halides is 3. The predicted octanol–water partition coefficient (Wildman–Crippen LogP) is 2.55. The van der Waals surface area contributed by atoms with Gasteiger partial charge in [-0.2, -0.15) is 18.2 Å². The summed E-state index contributed by atoms with van der Waals surface area (Å²) in [7, 11) is 0. The molecule has 0 aliphatic heterocycles. The van der Waals surface area contributed by atoms with E-state index in [1.807, 2.05) is 6.92 Å². The third kappa shape index (κ3) is 4.88. The van der Waals surface area contributed by atoms with Crippen molar-refractivity contribution in [2.45, 2.75) is 26.4 Å². The van der Waals surface area contributed by atoms with Crippen molar-refractivity contribution >= 4 is 5.95 Å². The maximum atomic E-state index is 12.0. The number of hydrogen-bond acceptors (Lipinski definition) is 4. The summed E-state index contributed by atoms with van der Waals surface area (Å²) in [4.78, 5) is 7.81. The second-order valence-electron chi connectivity index (χ2n) is 3.51. The average molecular weight is 249 g/mol. The normalized spacial score (nSPS) is 11.4. The van der Waals surface area contributed by atoms with Crippen LogP contribution in [0.4, 0.5) is 19.1 Å². The highest BCUT2D eigenvalue weighted by Gasteiger charge is 2.29. The Bertz CT molecular complexity index is 368. The zero-order valence-corrected chi connectivity index (χ0v) is 9.64. The Morgan fingerprint density at radius 3 is 2.71 bits per heavy atom. The van der Waals surface area contributed by atoms with Gasteiger partial charge in [0.15, 0.2) is 6.61 Å². The summed E-state index contributed by atoms with van der Waals surface area (Å²) in [5.41, 5.74) is 0.469. The number of ether oxygens (including phenoxy) is 1. The van der Waals surface area contributed by atoms with Crippen molar-refractivity contribution in [1.82, 2.24) is 9.97 Å². The van der Waals surface area contributed by atoms with Gasteiger partial charge < -0.3 is 10.1 Å². The van der Waals surface area contributed by atoms with E-state index in [1.165, 1.54) is 6.20 Å². The van der Waals surface area contributed by atoms with Crippen molar-refractivity contribution in [2.75, 3.05) is 18.5 Å². The molecule has 1 heterocycles. The Morgan fingerprint density at radius 1 is 1.41 bits per heavy atom. The highest BCUT2D eigenvalue weighted by Crippen LogP contribution is 2.20. The second-order valence-corrected chi connectivity index (χ2v) is 3.51. The Labute approximate surface area is 97.2 Å². The lowest BCUT2D eigenvalue weighted by Crippen LogP contribution is -2.20. The fourth-order valence-electron chi connectivity index (χ4n) is 1.04. The Kier molecular flexibility index (Phi) is 4.53. The molecule has 96 valence electrons. The van der Waals surface area contributed by atoms with Crippen LogP contribution in [0.1, 0.15) is 18.9 Å². The quantitative estimate of drug-likeness (QED) is 0.871. The summed E-state index contributed by atoms with van der Waals surface area (Å²) in [5.74, 6) is 0.227. The van der Waals surface area contributed by atoms with E-state index in [9.17, 15) is 13.2 Å². The first-order valence-electron chi connectivity index (χ1n) is 5.19. The average Bonchev–Trinajstić information content (AvgIpc) is 2.25. The van der Waals surface area contributed by atoms with Crippen LogP contribution in [0.3, 0.4) is 0 Å². The minimum Gasteiger partial charge on any atom is -0.468 e. The molecule has 0 spiro atoms. The number of aromatic nitrogens is 2. The molecule has 0 radical (unpaired) electrons. The van der Waals surface area contributed by atoms with E-state index >= 15 is 0 Å². The third-order valence-electron chi connectivity index (χ3n) is 1.83. The predicted molar refractivity (Wildman–Crippen MR) is 57.1 cm³/mol. The summed E-state index contributed by atoms with van der Waals surface area (Å²) >= 11 is 0. The fourth-order valence-corrected chi connectivity index (χ4v) is 1.04. The van der Waals surface area contributed by atoms with E-state index in [4.69, 9.17) is 0 Å². The molecule has 7 heteroatoms. The summed E-state index contributed by atoms with van der Waals surface area (Å²) in [6.45, 7) is 2.86. The lowest BCUT2D eigenvalue weighted by molar-refractivity contribution is -0.154. The van der Waals surface area contributed by atoms with Gasteiger partial charge in [0, 0.05) is 18.3 Å². The first-order valence-corrected chi connectivity index (χ1v) is 5.19. The maximum Gasteiger partial charge on any atom is 0.422 e. The Balaban J connectivity index is 2.69. The van der Waals surface area contributed by atoms with Gasteiger partial charge in [-0.15, -0.1) is 0 Å². The molecular formula is C10H14F3N3O. The molecular weight excluding hydrogens is 235 g/mol. The maximum absolute atomic E-state index is 12.0. The number of aryl methyl sites for hydroxylation is 1. The van der Waals surface area contributed by atoms with Crippen molar-refractivity contribution < 1.29 is 17.9 Å². The van der Waals surface area contributed by atoms with Crippen LogP contribution in [0.15, 0.2) is 6.20 Å². The van der Waals surface area contributed by atoms with Crippen LogP contribution in [0.2, 0.25) is 0 Å². The standard InChI is InChI=1S/C10H14F3N3O/c1-3-4-14-9-15-5-7(2)8(16-9)17-6-10(11,12)13/h5H,3-4,6H2,1-2H3,(H,14,15,16). The van der Waals surface area contributed by atoms with E-state index in [2.05, 4.69) is 20.0 Å². The molecule has 17 heavy (non-hydrogen) atoms. The van der Waals surface area contributed by atoms with Gasteiger partial charge in [0.2, 0.25) is 11.8 Å². The monoisotopic (exact) mass is 249 g/mol. The van der Waals surface area contributed by atoms with Crippen molar-refractivity contribution in [3.63, 3.8) is 0 Å². The van der Waals surface area contributed by atoms with Gasteiger partial charge in [0.05, 0.1) is 0 Å². The number of nitrogens with zero attached hydrogens (tertiary/aromatic N) is 2. The van der Waals surface area contributed by atoms with E-state index in [0.717, 1.165) is 6.42 Å². The molecule has 0 saturated carbocycles. The van der Waals surface area contributed by atoms with Gasteiger partial charge in [-0.05, 0) is 13.3 Å². The Morgan fingerprint density at radius 2 is 2.12 bits per heavy atom. The summed E-state index contributed by atoms with van der Waals surface area (Å²) < 4.78 is 40.6. The van der Waals surface area contributed by atoms with Gasteiger partial charge in [-0.1, -0.05) is 6.92 Å². The minimum absolute atomic E-state index is 0.0454. The molecule has 0 atom stereocenters. The highest BCUT2D eigenvalue weighted by molar-refractivity contribution is 5.32. The lowest BCUT2D eigenvalue weighted by Gasteiger charge is -2.11. The molecule has 1 N–H and O–H groups in total. The van der Waals surface area contributed by atoms with E-state index in [0.29, 0.717) is 12.1 Å². The molecule has 1 aromatic rings. The lowest BCUT2D eigenvalue weighted by atomic mass is 10.4. The van der Waals surface area contributed by atoms with Crippen LogP contribution in [0.25, 0.3) is 0 Å². The molecule has 1 rings (SSSR count). The number of hydrogen-bond donors (Lipinski definition) is 1. The van der Waals surface area contributed by atoms with Crippen molar-refractivity contribution in [3.05, 3.63) is 11.8 Å². The Hall–Kier alpha value is -1.53. The van der Waals surface area contributed by atoms with Crippen molar-refractivity contribution in [3.8, 4) is 5.88 Å². The van der Waals surface area contributed by atoms with Crippen molar-refractivity contribution in [1.29, 1.82) is 0 Å². The number of rotatable bonds is 5. The molecule has 0 unspecified atom stereocenters. The molecule has 0 bridgehead atoms. The second kappa shape index (κ2) is 5.70. The van der Waals surface area contributed by atoms with Crippen LogP contribution in [0.5, 0.6) is 5.88 Å². The molecule has 0 amide bonds. The van der Waals surface area contributed by atoms with E-state index in [1.54, 1.807) is 6.92 Å². The molecule has 0 saturated heterocycles. The molecule has 0 aromatic carbocycles. The summed E-state index contributed by atoms with van der Waals surface area (Å²) in [6, 6.07) is 0. The summed E-state index contributed by atoms with van der Waals surface area (Å²) in [5, 5.41) is 2.88. The zero-order chi connectivity index (χ0) is 12.9. The van der Waals surface area contributed by atoms with Crippen LogP contribution in [-0.2, 0) is 0 Å².